The first-order valence-corrected chi connectivity index (χ1v) is 20.9. The molecule has 0 spiro atoms. The van der Waals surface area contributed by atoms with Crippen molar-refractivity contribution in [1.29, 1.82) is 0 Å². The number of rotatable bonds is 5. The molecule has 2 aromatic heterocycles. The molecule has 298 valence electrons. The third-order valence-corrected chi connectivity index (χ3v) is 6.28. The fourth-order valence-electron chi connectivity index (χ4n) is 3.26. The van der Waals surface area contributed by atoms with Gasteiger partial charge in [-0.3, -0.25) is 14.2 Å². The SMILES string of the molecule is C.CC(=O)/C(C)=N/O.Cc1oc(-c2ccccc2)c(O)c1C.Cc1oc(-c2ccccc2)nc1CCl.Cl.ClC(Cl)Cl.O=Cc1ccccc1.O=P(Cl)(Cl)Cl. The quantitative estimate of drug-likeness (QED) is 0.0443. The Morgan fingerprint density at radius 3 is 1.52 bits per heavy atom. The third-order valence-electron chi connectivity index (χ3n) is 6.02. The Hall–Kier alpha value is -2.69. The highest BCUT2D eigenvalue weighted by Gasteiger charge is 2.14. The number of oxazole rings is 1. The molecule has 0 aliphatic carbocycles. The van der Waals surface area contributed by atoms with Crippen LogP contribution in [0.1, 0.15) is 54.4 Å². The van der Waals surface area contributed by atoms with Gasteiger partial charge in [0.25, 0.3) is 0 Å². The molecule has 54 heavy (non-hydrogen) atoms. The Bertz CT molecular complexity index is 1830. The number of carbonyl (C=O) groups excluding carboxylic acids is 2. The number of hydrogen-bond acceptors (Lipinski definition) is 9. The summed E-state index contributed by atoms with van der Waals surface area (Å²) >= 11 is 34.0. The summed E-state index contributed by atoms with van der Waals surface area (Å²) in [6.45, 7) is 8.36. The Morgan fingerprint density at radius 2 is 1.24 bits per heavy atom. The van der Waals surface area contributed by atoms with E-state index in [9.17, 15) is 19.3 Å². The predicted octanol–water partition coefficient (Wildman–Crippen LogP) is 14.4. The van der Waals surface area contributed by atoms with Gasteiger partial charge in [-0.1, -0.05) is 126 Å². The number of hydrogen-bond donors (Lipinski definition) is 2. The van der Waals surface area contributed by atoms with Crippen LogP contribution < -0.4 is 0 Å². The maximum absolute atomic E-state index is 10.1. The summed E-state index contributed by atoms with van der Waals surface area (Å²) in [6, 6.07) is 28.5. The van der Waals surface area contributed by atoms with Gasteiger partial charge in [0.05, 0.1) is 11.6 Å². The maximum atomic E-state index is 10.1. The Balaban J connectivity index is -0.000000609. The summed E-state index contributed by atoms with van der Waals surface area (Å²) in [5.41, 5.74) is 4.37. The van der Waals surface area contributed by atoms with E-state index in [4.69, 9.17) is 60.4 Å². The molecule has 0 unspecified atom stereocenters. The molecule has 9 nitrogen and oxygen atoms in total. The van der Waals surface area contributed by atoms with Crippen molar-refractivity contribution in [2.24, 2.45) is 5.16 Å². The van der Waals surface area contributed by atoms with Gasteiger partial charge in [-0.05, 0) is 73.6 Å². The van der Waals surface area contributed by atoms with Crippen LogP contribution in [0.15, 0.2) is 105 Å². The zero-order valence-corrected chi connectivity index (χ0v) is 35.9. The van der Waals surface area contributed by atoms with Gasteiger partial charge in [-0.2, -0.15) is 0 Å². The van der Waals surface area contributed by atoms with Crippen molar-refractivity contribution in [3.63, 3.8) is 0 Å². The summed E-state index contributed by atoms with van der Waals surface area (Å²) in [5.74, 6) is 3.18. The summed E-state index contributed by atoms with van der Waals surface area (Å²) in [5, 5.41) is 17.1. The van der Waals surface area contributed by atoms with E-state index in [1.54, 1.807) is 12.1 Å². The van der Waals surface area contributed by atoms with Gasteiger partial charge in [0.1, 0.15) is 23.5 Å². The monoisotopic (exact) mass is 924 g/mol. The first-order chi connectivity index (χ1) is 24.4. The number of aryl methyl sites for hydroxylation is 2. The van der Waals surface area contributed by atoms with Crippen molar-refractivity contribution < 1.29 is 33.3 Å². The number of furan rings is 1. The van der Waals surface area contributed by atoms with E-state index >= 15 is 0 Å². The standard InChI is InChI=1S/C12H12O2.C11H10ClNO.C7H6O.C4H7NO2.CHCl3.CH4.Cl3OP.ClH/c1-8-9(2)14-12(11(8)13)10-6-4-3-5-7-10;1-8-10(7-12)13-11(14-8)9-5-3-2-4-6-9;8-6-7-4-2-1-3-5-7;1-3(5-7)4(2)6;2-1(3)4;;1-5(2,3)4;/h3-7,13H,1-2H3;2-6H,7H2,1H3;1-6H;7H,1-2H3;1H;1H4;;1H/b;;;5-3+;;;;. The number of alkyl halides is 4. The zero-order valence-electron chi connectivity index (χ0n) is 28.9. The molecule has 0 aliphatic heterocycles. The molecule has 0 fully saturated rings. The molecular formula is C36H41Cl8N2O7P. The van der Waals surface area contributed by atoms with E-state index in [0.29, 0.717) is 17.5 Å². The van der Waals surface area contributed by atoms with Crippen LogP contribution in [0.4, 0.5) is 0 Å². The zero-order chi connectivity index (χ0) is 39.9. The lowest BCUT2D eigenvalue weighted by Crippen LogP contribution is -2.02. The van der Waals surface area contributed by atoms with Crippen molar-refractivity contribution >= 4 is 116 Å². The molecule has 0 aliphatic rings. The smallest absolute Gasteiger partial charge is 0.339 e. The topological polar surface area (TPSA) is 143 Å². The average molecular weight is 928 g/mol. The number of aromatic nitrogens is 1. The van der Waals surface area contributed by atoms with Crippen molar-refractivity contribution in [3.05, 3.63) is 119 Å². The maximum Gasteiger partial charge on any atom is 0.339 e. The van der Waals surface area contributed by atoms with Crippen molar-refractivity contribution in [1.82, 2.24) is 4.98 Å². The molecule has 0 radical (unpaired) electrons. The average Bonchev–Trinajstić information content (AvgIpc) is 3.62. The minimum Gasteiger partial charge on any atom is -0.504 e. The highest BCUT2D eigenvalue weighted by atomic mass is 36.0. The molecule has 0 saturated carbocycles. The minimum atomic E-state index is -3.22. The summed E-state index contributed by atoms with van der Waals surface area (Å²) < 4.78 is 19.7. The van der Waals surface area contributed by atoms with Crippen molar-refractivity contribution in [3.8, 4) is 28.5 Å². The van der Waals surface area contributed by atoms with Gasteiger partial charge in [-0.25, -0.2) is 4.98 Å². The predicted molar refractivity (Wildman–Crippen MR) is 229 cm³/mol. The molecule has 5 aromatic rings. The number of carbonyl (C=O) groups is 2. The van der Waals surface area contributed by atoms with Crippen molar-refractivity contribution in [2.45, 2.75) is 52.2 Å². The number of oxime groups is 1. The number of ketones is 1. The molecule has 3 aromatic carbocycles. The second kappa shape index (κ2) is 30.5. The van der Waals surface area contributed by atoms with Gasteiger partial charge in [0.2, 0.25) is 5.89 Å². The normalized spacial score (nSPS) is 9.91. The van der Waals surface area contributed by atoms with E-state index in [0.717, 1.165) is 45.8 Å². The highest BCUT2D eigenvalue weighted by Crippen LogP contribution is 2.61. The first-order valence-electron chi connectivity index (χ1n) is 14.6. The molecule has 18 heteroatoms. The Labute approximate surface area is 356 Å². The Kier molecular flexibility index (Phi) is 31.5. The van der Waals surface area contributed by atoms with Gasteiger partial charge in [0.15, 0.2) is 21.6 Å². The molecule has 0 saturated heterocycles. The Morgan fingerprint density at radius 1 is 0.833 bits per heavy atom. The minimum absolute atomic E-state index is 0. The number of benzene rings is 3. The van der Waals surface area contributed by atoms with E-state index in [-0.39, 0.29) is 37.1 Å². The number of aromatic hydroxyl groups is 1. The van der Waals surface area contributed by atoms with E-state index in [1.165, 1.54) is 13.8 Å². The fraction of sp³-hybridized carbons (Fsp3) is 0.222. The lowest BCUT2D eigenvalue weighted by atomic mass is 10.1. The van der Waals surface area contributed by atoms with Crippen LogP contribution in [0.25, 0.3) is 22.8 Å². The highest BCUT2D eigenvalue weighted by molar-refractivity contribution is 8.24. The summed E-state index contributed by atoms with van der Waals surface area (Å²) in [4.78, 5) is 24.4. The summed E-state index contributed by atoms with van der Waals surface area (Å²) in [6.07, 6.45) is 0.833. The van der Waals surface area contributed by atoms with Crippen LogP contribution in [-0.2, 0) is 15.2 Å². The largest absolute Gasteiger partial charge is 0.504 e. The van der Waals surface area contributed by atoms with Gasteiger partial charge in [-0.15, -0.1) is 24.0 Å². The van der Waals surface area contributed by atoms with Crippen LogP contribution >= 0.6 is 97.7 Å². The number of halogens is 8. The lowest BCUT2D eigenvalue weighted by Gasteiger charge is -1.96. The second-order valence-electron chi connectivity index (χ2n) is 9.76. The van der Waals surface area contributed by atoms with E-state index in [2.05, 4.69) is 43.9 Å². The lowest BCUT2D eigenvalue weighted by molar-refractivity contribution is -0.111. The molecular weight excluding hydrogens is 887 g/mol. The van der Waals surface area contributed by atoms with Gasteiger partial charge in [0, 0.05) is 29.2 Å². The first kappa shape index (κ1) is 55.6. The second-order valence-corrected chi connectivity index (χ2v) is 18.7. The fourth-order valence-corrected chi connectivity index (χ4v) is 3.51. The van der Waals surface area contributed by atoms with Crippen LogP contribution in [-0.4, -0.2) is 37.4 Å². The molecule has 2 N–H and O–H groups in total. The van der Waals surface area contributed by atoms with Gasteiger partial charge < -0.3 is 19.1 Å². The van der Waals surface area contributed by atoms with E-state index in [1.807, 2.05) is 99.6 Å². The molecule has 2 heterocycles. The molecule has 0 bridgehead atoms. The van der Waals surface area contributed by atoms with Crippen LogP contribution in [0.5, 0.6) is 5.75 Å². The van der Waals surface area contributed by atoms with Gasteiger partial charge >= 0.3 is 5.20 Å². The molecule has 0 amide bonds. The number of Topliss-reactive ketones (excluding diaryl/α,β-unsaturated/α-hetero) is 1. The molecule has 5 rings (SSSR count). The van der Waals surface area contributed by atoms with Crippen LogP contribution in [0, 0.1) is 20.8 Å². The molecule has 0 atom stereocenters. The van der Waals surface area contributed by atoms with Crippen LogP contribution in [0.2, 0.25) is 0 Å². The number of aldehydes is 1. The summed E-state index contributed by atoms with van der Waals surface area (Å²) in [7, 11) is 0. The van der Waals surface area contributed by atoms with E-state index < -0.39 is 9.50 Å². The van der Waals surface area contributed by atoms with Crippen molar-refractivity contribution in [2.75, 3.05) is 0 Å². The number of nitrogens with zero attached hydrogens (tertiary/aromatic N) is 2. The third kappa shape index (κ3) is 25.4. The van der Waals surface area contributed by atoms with Crippen LogP contribution in [0.3, 0.4) is 0 Å².